The van der Waals surface area contributed by atoms with Gasteiger partial charge in [0.1, 0.15) is 23.4 Å². The lowest BCUT2D eigenvalue weighted by atomic mass is 9.83. The van der Waals surface area contributed by atoms with E-state index in [-0.39, 0.29) is 11.7 Å². The monoisotopic (exact) mass is 797 g/mol. The summed E-state index contributed by atoms with van der Waals surface area (Å²) in [6.45, 7) is 12.5. The average Bonchev–Trinajstić information content (AvgIpc) is 3.21. The summed E-state index contributed by atoms with van der Waals surface area (Å²) in [7, 11) is 1.59. The Balaban J connectivity index is 0.780. The second-order valence-electron chi connectivity index (χ2n) is 15.4. The molecule has 0 radical (unpaired) electrons. The molecule has 0 aliphatic carbocycles. The molecule has 3 aliphatic heterocycles. The summed E-state index contributed by atoms with van der Waals surface area (Å²) >= 11 is 0. The van der Waals surface area contributed by atoms with E-state index in [2.05, 4.69) is 25.3 Å². The Hall–Kier alpha value is -4.57. The van der Waals surface area contributed by atoms with Crippen LogP contribution < -0.4 is 25.7 Å². The minimum Gasteiger partial charge on any atom is -0.495 e. The lowest BCUT2D eigenvalue weighted by molar-refractivity contribution is -0.0959. The van der Waals surface area contributed by atoms with Crippen molar-refractivity contribution in [3.8, 4) is 17.2 Å². The highest BCUT2D eigenvalue weighted by Crippen LogP contribution is 2.35. The van der Waals surface area contributed by atoms with E-state index < -0.39 is 6.09 Å². The molecular formula is C44H59N7O7. The van der Waals surface area contributed by atoms with Crippen LogP contribution in [0.3, 0.4) is 0 Å². The van der Waals surface area contributed by atoms with Crippen molar-refractivity contribution in [2.75, 3.05) is 85.0 Å². The normalized spacial score (nSPS) is 20.2. The molecule has 4 aromatic rings. The Morgan fingerprint density at radius 2 is 1.64 bits per heavy atom. The van der Waals surface area contributed by atoms with E-state index in [4.69, 9.17) is 28.7 Å². The van der Waals surface area contributed by atoms with E-state index in [1.165, 1.54) is 6.42 Å². The quantitative estimate of drug-likeness (QED) is 0.0989. The molecule has 3 aliphatic rings. The number of carbonyl (C=O) groups is 1. The molecule has 2 unspecified atom stereocenters. The predicted octanol–water partition coefficient (Wildman–Crippen LogP) is 5.39. The number of nitrogens with zero attached hydrogens (tertiary/aromatic N) is 5. The van der Waals surface area contributed by atoms with Crippen molar-refractivity contribution in [2.45, 2.75) is 70.7 Å². The molecule has 14 nitrogen and oxygen atoms in total. The highest BCUT2D eigenvalue weighted by Gasteiger charge is 2.39. The lowest BCUT2D eigenvalue weighted by Crippen LogP contribution is -2.55. The minimum absolute atomic E-state index is 0.0832. The van der Waals surface area contributed by atoms with Crippen LogP contribution in [0.1, 0.15) is 50.4 Å². The van der Waals surface area contributed by atoms with E-state index in [9.17, 15) is 9.59 Å². The first-order valence-electron chi connectivity index (χ1n) is 20.8. The number of benzene rings is 3. The molecular weight excluding hydrogens is 739 g/mol. The molecule has 1 aromatic heterocycles. The highest BCUT2D eigenvalue weighted by atomic mass is 16.6. The zero-order valence-corrected chi connectivity index (χ0v) is 34.2. The maximum atomic E-state index is 13.8. The number of para-hydroxylation sites is 3. The molecule has 1 amide bonds. The van der Waals surface area contributed by atoms with Crippen molar-refractivity contribution >= 4 is 22.7 Å². The molecule has 14 heteroatoms. The van der Waals surface area contributed by atoms with Crippen LogP contribution in [0.5, 0.6) is 11.5 Å². The number of aromatic nitrogens is 2. The van der Waals surface area contributed by atoms with Gasteiger partial charge in [-0.05, 0) is 68.7 Å². The van der Waals surface area contributed by atoms with Gasteiger partial charge in [0, 0.05) is 64.2 Å². The second-order valence-corrected chi connectivity index (χ2v) is 15.4. The van der Waals surface area contributed by atoms with E-state index >= 15 is 0 Å². The largest absolute Gasteiger partial charge is 0.495 e. The molecule has 3 fully saturated rings. The topological polar surface area (TPSA) is 132 Å². The molecule has 312 valence electrons. The van der Waals surface area contributed by atoms with Gasteiger partial charge >= 0.3 is 6.09 Å². The smallest absolute Gasteiger partial charge is 0.412 e. The number of piperazine rings is 1. The Kier molecular flexibility index (Phi) is 14.6. The van der Waals surface area contributed by atoms with Crippen molar-refractivity contribution in [3.05, 3.63) is 88.5 Å². The number of rotatable bonds is 18. The number of piperidine rings is 2. The number of aryl methyl sites for hydroxylation is 1. The van der Waals surface area contributed by atoms with Gasteiger partial charge in [0.05, 0.1) is 69.2 Å². The van der Waals surface area contributed by atoms with Gasteiger partial charge in [0.25, 0.3) is 5.56 Å². The van der Waals surface area contributed by atoms with E-state index in [1.807, 2.05) is 80.6 Å². The Labute approximate surface area is 341 Å². The molecule has 0 spiro atoms. The number of methoxy groups -OCH3 is 1. The minimum atomic E-state index is -0.439. The standard InChI is InChI=1S/C44H59N7O7/c1-4-57-41-15-8-7-14-39(41)51-42(46-37-13-6-5-12-36(37)43(51)52)29-49-22-20-48(21-23-49)19-18-45-30-55-24-25-56-31-50-33-10-9-11-34(50)28-35(27-33)58-44(53)47-38-26-32(2)16-17-40(38)54-3/h5-8,12-17,26,33-35,45H,4,9-11,18-25,27-31H2,1-3H3,(H,47,53). The number of anilines is 1. The molecule has 3 aromatic carbocycles. The van der Waals surface area contributed by atoms with Gasteiger partial charge in [-0.25, -0.2) is 9.78 Å². The number of carbonyl (C=O) groups excluding carboxylic acids is 1. The molecule has 2 atom stereocenters. The van der Waals surface area contributed by atoms with Crippen LogP contribution >= 0.6 is 0 Å². The van der Waals surface area contributed by atoms with E-state index in [1.54, 1.807) is 11.7 Å². The molecule has 0 saturated carbocycles. The van der Waals surface area contributed by atoms with Gasteiger partial charge in [-0.1, -0.05) is 36.8 Å². The van der Waals surface area contributed by atoms with Gasteiger partial charge in [-0.3, -0.25) is 34.7 Å². The van der Waals surface area contributed by atoms with Gasteiger partial charge in [0.15, 0.2) is 0 Å². The Morgan fingerprint density at radius 1 is 0.897 bits per heavy atom. The van der Waals surface area contributed by atoms with Crippen LogP contribution in [-0.4, -0.2) is 128 Å². The number of fused-ring (bicyclic) bond motifs is 3. The summed E-state index contributed by atoms with van der Waals surface area (Å²) < 4.78 is 30.8. The first-order chi connectivity index (χ1) is 28.4. The van der Waals surface area contributed by atoms with Crippen LogP contribution in [0.25, 0.3) is 16.6 Å². The summed E-state index contributed by atoms with van der Waals surface area (Å²) in [5.74, 6) is 2.00. The SMILES string of the molecule is CCOc1ccccc1-n1c(CN2CCN(CCNCOCCOCN3C4CCCC3CC(OC(=O)Nc3cc(C)ccc3OC)C4)CC2)nc2ccccc2c1=O. The third-order valence-electron chi connectivity index (χ3n) is 11.5. The van der Waals surface area contributed by atoms with Gasteiger partial charge in [-0.15, -0.1) is 0 Å². The average molecular weight is 798 g/mol. The third kappa shape index (κ3) is 10.5. The summed E-state index contributed by atoms with van der Waals surface area (Å²) in [5, 5.41) is 6.88. The van der Waals surface area contributed by atoms with E-state index in [0.29, 0.717) is 85.8 Å². The van der Waals surface area contributed by atoms with Crippen molar-refractivity contribution < 1.29 is 28.5 Å². The predicted molar refractivity (Wildman–Crippen MR) is 224 cm³/mol. The number of nitrogens with one attached hydrogen (secondary N) is 2. The van der Waals surface area contributed by atoms with Crippen molar-refractivity contribution in [2.24, 2.45) is 0 Å². The maximum absolute atomic E-state index is 13.8. The summed E-state index contributed by atoms with van der Waals surface area (Å²) in [5.41, 5.74) is 3.00. The fraction of sp³-hybridized carbons (Fsp3) is 0.523. The molecule has 2 bridgehead atoms. The zero-order valence-electron chi connectivity index (χ0n) is 34.2. The lowest BCUT2D eigenvalue weighted by Gasteiger charge is -2.48. The fourth-order valence-electron chi connectivity index (χ4n) is 8.51. The summed E-state index contributed by atoms with van der Waals surface area (Å²) in [4.78, 5) is 38.9. The van der Waals surface area contributed by atoms with Crippen LogP contribution in [-0.2, 0) is 20.8 Å². The Morgan fingerprint density at radius 3 is 2.43 bits per heavy atom. The van der Waals surface area contributed by atoms with Gasteiger partial charge < -0.3 is 23.7 Å². The van der Waals surface area contributed by atoms with Crippen LogP contribution in [0.4, 0.5) is 10.5 Å². The molecule has 2 N–H and O–H groups in total. The number of hydrogen-bond acceptors (Lipinski definition) is 12. The van der Waals surface area contributed by atoms with Crippen LogP contribution in [0.15, 0.2) is 71.5 Å². The Bertz CT molecular complexity index is 2010. The van der Waals surface area contributed by atoms with Crippen molar-refractivity contribution in [1.29, 1.82) is 0 Å². The molecule has 3 saturated heterocycles. The van der Waals surface area contributed by atoms with Crippen molar-refractivity contribution in [1.82, 2.24) is 29.6 Å². The second kappa shape index (κ2) is 20.4. The molecule has 4 heterocycles. The maximum Gasteiger partial charge on any atom is 0.412 e. The van der Waals surface area contributed by atoms with Crippen LogP contribution in [0, 0.1) is 6.92 Å². The van der Waals surface area contributed by atoms with E-state index in [0.717, 1.165) is 76.2 Å². The van der Waals surface area contributed by atoms with Crippen molar-refractivity contribution in [3.63, 3.8) is 0 Å². The van der Waals surface area contributed by atoms with Gasteiger partial charge in [-0.2, -0.15) is 0 Å². The number of hydrogen-bond donors (Lipinski definition) is 2. The van der Waals surface area contributed by atoms with Gasteiger partial charge in [0.2, 0.25) is 0 Å². The fourth-order valence-corrected chi connectivity index (χ4v) is 8.51. The molecule has 7 rings (SSSR count). The first-order valence-corrected chi connectivity index (χ1v) is 20.8. The summed E-state index contributed by atoms with van der Waals surface area (Å²) in [6, 6.07) is 21.6. The highest BCUT2D eigenvalue weighted by molar-refractivity contribution is 5.87. The molecule has 58 heavy (non-hydrogen) atoms. The number of amides is 1. The van der Waals surface area contributed by atoms with Crippen LogP contribution in [0.2, 0.25) is 0 Å². The summed E-state index contributed by atoms with van der Waals surface area (Å²) in [6.07, 6.45) is 4.40. The zero-order chi connectivity index (χ0) is 40.3. The first kappa shape index (κ1) is 41.6. The number of ether oxygens (including phenoxy) is 5. The third-order valence-corrected chi connectivity index (χ3v) is 11.5.